The molecule has 2 atom stereocenters. The number of benzene rings is 1. The number of likely N-dealkylation sites (tertiary alicyclic amines) is 1. The molecular formula is C13H14N2O2. The second kappa shape index (κ2) is 3.67. The van der Waals surface area contributed by atoms with E-state index < -0.39 is 0 Å². The van der Waals surface area contributed by atoms with Crippen molar-refractivity contribution in [1.29, 1.82) is 0 Å². The first-order chi connectivity index (χ1) is 8.20. The molecule has 2 N–H and O–H groups in total. The van der Waals surface area contributed by atoms with E-state index >= 15 is 0 Å². The first-order valence-electron chi connectivity index (χ1n) is 5.84. The van der Waals surface area contributed by atoms with Gasteiger partial charge in [-0.1, -0.05) is 24.3 Å². The topological polar surface area (TPSA) is 63.4 Å². The van der Waals surface area contributed by atoms with E-state index in [1.54, 1.807) is 0 Å². The zero-order valence-electron chi connectivity index (χ0n) is 9.43. The van der Waals surface area contributed by atoms with Crippen molar-refractivity contribution in [2.75, 3.05) is 0 Å². The largest absolute Gasteiger partial charge is 0.326 e. The van der Waals surface area contributed by atoms with Crippen molar-refractivity contribution in [2.45, 2.75) is 19.5 Å². The van der Waals surface area contributed by atoms with E-state index in [-0.39, 0.29) is 23.7 Å². The van der Waals surface area contributed by atoms with E-state index in [0.29, 0.717) is 13.1 Å². The molecule has 4 nitrogen and oxygen atoms in total. The smallest absolute Gasteiger partial charge is 0.233 e. The van der Waals surface area contributed by atoms with Crippen LogP contribution in [-0.4, -0.2) is 16.7 Å². The number of nitrogens with zero attached hydrogens (tertiary/aromatic N) is 1. The molecule has 3 rings (SSSR count). The van der Waals surface area contributed by atoms with Gasteiger partial charge in [-0.2, -0.15) is 0 Å². The van der Waals surface area contributed by atoms with Crippen LogP contribution in [0.25, 0.3) is 0 Å². The molecule has 88 valence electrons. The summed E-state index contributed by atoms with van der Waals surface area (Å²) in [5.74, 6) is -0.0116. The average molecular weight is 230 g/mol. The van der Waals surface area contributed by atoms with Crippen LogP contribution >= 0.6 is 0 Å². The van der Waals surface area contributed by atoms with Gasteiger partial charge in [0.15, 0.2) is 0 Å². The Morgan fingerprint density at radius 2 is 1.59 bits per heavy atom. The third kappa shape index (κ3) is 1.65. The summed E-state index contributed by atoms with van der Waals surface area (Å²) in [6.07, 6.45) is 0.764. The maximum Gasteiger partial charge on any atom is 0.233 e. The standard InChI is InChI=1S/C13H14N2O2/c14-6-8-1-3-9(4-2-8)7-15-12(16)10-5-11(10)13(15)17/h1-4,10-11H,5-7,14H2. The normalized spacial score (nSPS) is 26.3. The summed E-state index contributed by atoms with van der Waals surface area (Å²) in [5, 5.41) is 0. The Morgan fingerprint density at radius 3 is 2.12 bits per heavy atom. The predicted octanol–water partition coefficient (Wildman–Crippen LogP) is 0.650. The highest BCUT2D eigenvalue weighted by Crippen LogP contribution is 2.47. The highest BCUT2D eigenvalue weighted by Gasteiger charge is 2.58. The molecule has 1 aromatic rings. The quantitative estimate of drug-likeness (QED) is 0.775. The minimum absolute atomic E-state index is 0.00269. The number of hydrogen-bond donors (Lipinski definition) is 1. The van der Waals surface area contributed by atoms with E-state index in [2.05, 4.69) is 0 Å². The maximum atomic E-state index is 11.8. The number of hydrogen-bond acceptors (Lipinski definition) is 3. The fraction of sp³-hybridized carbons (Fsp3) is 0.385. The molecule has 2 aliphatic rings. The van der Waals surface area contributed by atoms with E-state index in [1.807, 2.05) is 24.3 Å². The van der Waals surface area contributed by atoms with Gasteiger partial charge in [0.25, 0.3) is 0 Å². The Balaban J connectivity index is 1.74. The van der Waals surface area contributed by atoms with E-state index in [0.717, 1.165) is 17.5 Å². The number of nitrogens with two attached hydrogens (primary N) is 1. The summed E-state index contributed by atoms with van der Waals surface area (Å²) < 4.78 is 0. The molecule has 2 fully saturated rings. The molecule has 1 heterocycles. The van der Waals surface area contributed by atoms with Crippen molar-refractivity contribution in [3.63, 3.8) is 0 Å². The van der Waals surface area contributed by atoms with Gasteiger partial charge >= 0.3 is 0 Å². The van der Waals surface area contributed by atoms with Gasteiger partial charge in [0.05, 0.1) is 18.4 Å². The predicted molar refractivity (Wildman–Crippen MR) is 61.5 cm³/mol. The van der Waals surface area contributed by atoms with Gasteiger partial charge in [0, 0.05) is 6.54 Å². The number of rotatable bonds is 3. The van der Waals surface area contributed by atoms with Crippen LogP contribution in [0.2, 0.25) is 0 Å². The molecule has 17 heavy (non-hydrogen) atoms. The molecule has 2 amide bonds. The van der Waals surface area contributed by atoms with Crippen LogP contribution in [0.4, 0.5) is 0 Å². The Hall–Kier alpha value is -1.68. The van der Waals surface area contributed by atoms with E-state index in [1.165, 1.54) is 4.90 Å². The van der Waals surface area contributed by atoms with Crippen molar-refractivity contribution in [2.24, 2.45) is 17.6 Å². The number of piperidine rings is 1. The van der Waals surface area contributed by atoms with Gasteiger partial charge in [-0.25, -0.2) is 0 Å². The third-order valence-corrected chi connectivity index (χ3v) is 3.56. The molecule has 0 bridgehead atoms. The first-order valence-corrected chi connectivity index (χ1v) is 5.84. The highest BCUT2D eigenvalue weighted by molar-refractivity contribution is 6.08. The monoisotopic (exact) mass is 230 g/mol. The van der Waals surface area contributed by atoms with Gasteiger partial charge in [0.2, 0.25) is 11.8 Å². The van der Waals surface area contributed by atoms with E-state index in [9.17, 15) is 9.59 Å². The lowest BCUT2D eigenvalue weighted by Gasteiger charge is -2.16. The molecule has 1 aliphatic carbocycles. The lowest BCUT2D eigenvalue weighted by Crippen LogP contribution is -2.32. The minimum atomic E-state index is -0.00850. The fourth-order valence-corrected chi connectivity index (χ4v) is 2.37. The molecular weight excluding hydrogens is 216 g/mol. The van der Waals surface area contributed by atoms with Crippen molar-refractivity contribution >= 4 is 11.8 Å². The molecule has 1 aromatic carbocycles. The second-order valence-corrected chi connectivity index (χ2v) is 4.73. The minimum Gasteiger partial charge on any atom is -0.326 e. The van der Waals surface area contributed by atoms with Crippen LogP contribution in [-0.2, 0) is 22.7 Å². The second-order valence-electron chi connectivity index (χ2n) is 4.73. The molecule has 4 heteroatoms. The number of imide groups is 1. The highest BCUT2D eigenvalue weighted by atomic mass is 16.2. The summed E-state index contributed by atoms with van der Waals surface area (Å²) in [6, 6.07) is 7.71. The number of fused-ring (bicyclic) bond motifs is 1. The third-order valence-electron chi connectivity index (χ3n) is 3.56. The molecule has 1 saturated heterocycles. The molecule has 2 unspecified atom stereocenters. The van der Waals surface area contributed by atoms with Gasteiger partial charge in [0.1, 0.15) is 0 Å². The van der Waals surface area contributed by atoms with Gasteiger partial charge in [-0.05, 0) is 17.5 Å². The number of carbonyl (C=O) groups excluding carboxylic acids is 2. The van der Waals surface area contributed by atoms with E-state index in [4.69, 9.17) is 5.73 Å². The van der Waals surface area contributed by atoms with Gasteiger partial charge < -0.3 is 5.73 Å². The first kappa shape index (κ1) is 10.5. The van der Waals surface area contributed by atoms with Crippen LogP contribution < -0.4 is 5.73 Å². The van der Waals surface area contributed by atoms with Crippen molar-refractivity contribution in [3.8, 4) is 0 Å². The molecule has 1 saturated carbocycles. The summed E-state index contributed by atoms with van der Waals surface area (Å²) >= 11 is 0. The van der Waals surface area contributed by atoms with Crippen LogP contribution in [0.15, 0.2) is 24.3 Å². The van der Waals surface area contributed by atoms with Crippen molar-refractivity contribution in [1.82, 2.24) is 4.90 Å². The van der Waals surface area contributed by atoms with Crippen molar-refractivity contribution < 1.29 is 9.59 Å². The van der Waals surface area contributed by atoms with Crippen molar-refractivity contribution in [3.05, 3.63) is 35.4 Å². The van der Waals surface area contributed by atoms with Crippen LogP contribution in [0.5, 0.6) is 0 Å². The van der Waals surface area contributed by atoms with Gasteiger partial charge in [-0.3, -0.25) is 14.5 Å². The fourth-order valence-electron chi connectivity index (χ4n) is 2.37. The SMILES string of the molecule is NCc1ccc(CN2C(=O)C3CC3C2=O)cc1. The number of carbonyl (C=O) groups is 2. The Kier molecular flexibility index (Phi) is 2.26. The Labute approximate surface area is 99.4 Å². The Bertz CT molecular complexity index is 461. The zero-order chi connectivity index (χ0) is 12.0. The number of amides is 2. The average Bonchev–Trinajstić information content (AvgIpc) is 3.11. The van der Waals surface area contributed by atoms with Crippen LogP contribution in [0.1, 0.15) is 17.5 Å². The van der Waals surface area contributed by atoms with Crippen LogP contribution in [0, 0.1) is 11.8 Å². The maximum absolute atomic E-state index is 11.8. The molecule has 1 aliphatic heterocycles. The summed E-state index contributed by atoms with van der Waals surface area (Å²) in [6.45, 7) is 0.904. The Morgan fingerprint density at radius 1 is 1.06 bits per heavy atom. The molecule has 0 radical (unpaired) electrons. The lowest BCUT2D eigenvalue weighted by atomic mass is 10.1. The summed E-state index contributed by atoms with van der Waals surface area (Å²) in [4.78, 5) is 24.9. The summed E-state index contributed by atoms with van der Waals surface area (Å²) in [7, 11) is 0. The lowest BCUT2D eigenvalue weighted by molar-refractivity contribution is -0.142. The zero-order valence-corrected chi connectivity index (χ0v) is 9.43. The van der Waals surface area contributed by atoms with Gasteiger partial charge in [-0.15, -0.1) is 0 Å². The summed E-state index contributed by atoms with van der Waals surface area (Å²) in [5.41, 5.74) is 7.54. The molecule has 0 spiro atoms. The van der Waals surface area contributed by atoms with Crippen LogP contribution in [0.3, 0.4) is 0 Å². The molecule has 0 aromatic heterocycles.